The lowest BCUT2D eigenvalue weighted by Crippen LogP contribution is -2.13. The molecule has 0 aliphatic rings. The Morgan fingerprint density at radius 3 is 2.72 bits per heavy atom. The summed E-state index contributed by atoms with van der Waals surface area (Å²) in [6.45, 7) is 3.72. The summed E-state index contributed by atoms with van der Waals surface area (Å²) in [7, 11) is -3.46. The number of aromatic nitrogens is 1. The largest absolute Gasteiger partial charge is 0.506 e. The average molecular weight is 433 g/mol. The minimum Gasteiger partial charge on any atom is -0.506 e. The number of thiazole rings is 1. The molecule has 0 saturated carbocycles. The van der Waals surface area contributed by atoms with Gasteiger partial charge in [0, 0.05) is 10.9 Å². The molecule has 1 aromatic heterocycles. The van der Waals surface area contributed by atoms with Crippen LogP contribution in [0.15, 0.2) is 52.7 Å². The molecule has 9 heteroatoms. The fourth-order valence-electron chi connectivity index (χ4n) is 2.53. The van der Waals surface area contributed by atoms with Crippen LogP contribution in [0.5, 0.6) is 11.5 Å². The van der Waals surface area contributed by atoms with Crippen LogP contribution in [-0.2, 0) is 16.4 Å². The molecule has 1 amide bonds. The number of nitrogens with zero attached hydrogens (tertiary/aromatic N) is 1. The number of amides is 1. The van der Waals surface area contributed by atoms with Crippen LogP contribution in [0.2, 0.25) is 0 Å². The highest BCUT2D eigenvalue weighted by Crippen LogP contribution is 2.28. The number of carbonyl (C=O) groups is 1. The van der Waals surface area contributed by atoms with Gasteiger partial charge in [-0.2, -0.15) is 0 Å². The number of aromatic hydroxyl groups is 1. The molecule has 3 aromatic rings. The smallest absolute Gasteiger partial charge is 0.255 e. The van der Waals surface area contributed by atoms with Crippen LogP contribution in [0.1, 0.15) is 28.0 Å². The highest BCUT2D eigenvalue weighted by Gasteiger charge is 2.16. The van der Waals surface area contributed by atoms with Gasteiger partial charge in [-0.3, -0.25) is 4.79 Å². The van der Waals surface area contributed by atoms with Gasteiger partial charge in [-0.05, 0) is 43.3 Å². The van der Waals surface area contributed by atoms with Gasteiger partial charge in [0.1, 0.15) is 18.1 Å². The van der Waals surface area contributed by atoms with Gasteiger partial charge in [-0.1, -0.05) is 13.0 Å². The number of phenolic OH excluding ortho intramolecular Hbond substituents is 1. The Bertz CT molecular complexity index is 1140. The molecule has 0 atom stereocenters. The second-order valence-electron chi connectivity index (χ2n) is 6.21. The fourth-order valence-corrected chi connectivity index (χ4v) is 4.03. The van der Waals surface area contributed by atoms with E-state index in [1.54, 1.807) is 24.3 Å². The van der Waals surface area contributed by atoms with Crippen LogP contribution in [0, 0.1) is 6.92 Å². The zero-order valence-corrected chi connectivity index (χ0v) is 17.5. The van der Waals surface area contributed by atoms with E-state index < -0.39 is 15.7 Å². The molecule has 0 radical (unpaired) electrons. The third kappa shape index (κ3) is 5.12. The van der Waals surface area contributed by atoms with Gasteiger partial charge in [0.25, 0.3) is 5.91 Å². The number of hydrogen-bond acceptors (Lipinski definition) is 7. The van der Waals surface area contributed by atoms with Crippen molar-refractivity contribution < 1.29 is 23.1 Å². The predicted molar refractivity (Wildman–Crippen MR) is 111 cm³/mol. The van der Waals surface area contributed by atoms with Crippen LogP contribution < -0.4 is 10.1 Å². The number of anilines is 1. The molecule has 0 fully saturated rings. The van der Waals surface area contributed by atoms with Crippen LogP contribution >= 0.6 is 11.3 Å². The van der Waals surface area contributed by atoms with Crippen molar-refractivity contribution in [1.82, 2.24) is 4.98 Å². The number of phenols is 1. The molecule has 1 heterocycles. The second-order valence-corrected chi connectivity index (χ2v) is 9.55. The van der Waals surface area contributed by atoms with E-state index in [1.807, 2.05) is 12.3 Å². The van der Waals surface area contributed by atoms with E-state index in [4.69, 9.17) is 4.74 Å². The molecule has 0 spiro atoms. The molecular formula is C20H20N2O5S2. The highest BCUT2D eigenvalue weighted by atomic mass is 32.2. The van der Waals surface area contributed by atoms with Gasteiger partial charge in [-0.15, -0.1) is 11.3 Å². The summed E-state index contributed by atoms with van der Waals surface area (Å²) >= 11 is 1.53. The summed E-state index contributed by atoms with van der Waals surface area (Å²) in [6, 6.07) is 10.4. The van der Waals surface area contributed by atoms with E-state index in [0.29, 0.717) is 11.3 Å². The van der Waals surface area contributed by atoms with E-state index in [1.165, 1.54) is 36.5 Å². The van der Waals surface area contributed by atoms with E-state index in [-0.39, 0.29) is 28.7 Å². The molecule has 0 aliphatic carbocycles. The van der Waals surface area contributed by atoms with Crippen molar-refractivity contribution in [2.24, 2.45) is 0 Å². The van der Waals surface area contributed by atoms with Gasteiger partial charge in [0.2, 0.25) is 0 Å². The normalized spacial score (nSPS) is 11.2. The van der Waals surface area contributed by atoms with Crippen LogP contribution in [-0.4, -0.2) is 30.2 Å². The van der Waals surface area contributed by atoms with Gasteiger partial charge >= 0.3 is 0 Å². The third-order valence-corrected chi connectivity index (χ3v) is 6.66. The number of carbonyl (C=O) groups excluding carboxylic acids is 1. The number of hydrogen-bond donors (Lipinski definition) is 2. The summed E-state index contributed by atoms with van der Waals surface area (Å²) in [5.74, 6) is -0.306. The van der Waals surface area contributed by atoms with Crippen molar-refractivity contribution in [3.63, 3.8) is 0 Å². The number of ether oxygens (including phenoxy) is 1. The van der Waals surface area contributed by atoms with Crippen molar-refractivity contribution in [3.8, 4) is 11.5 Å². The lowest BCUT2D eigenvalue weighted by Gasteiger charge is -2.11. The topological polar surface area (TPSA) is 106 Å². The van der Waals surface area contributed by atoms with Crippen molar-refractivity contribution in [2.75, 3.05) is 11.1 Å². The monoisotopic (exact) mass is 432 g/mol. The Balaban J connectivity index is 1.75. The molecular weight excluding hydrogens is 412 g/mol. The van der Waals surface area contributed by atoms with Gasteiger partial charge in [0.05, 0.1) is 27.0 Å². The first-order valence-corrected chi connectivity index (χ1v) is 11.3. The molecule has 7 nitrogen and oxygen atoms in total. The average Bonchev–Trinajstić information content (AvgIpc) is 3.13. The molecule has 0 unspecified atom stereocenters. The van der Waals surface area contributed by atoms with Gasteiger partial charge in [-0.25, -0.2) is 13.4 Å². The maximum atomic E-state index is 12.6. The van der Waals surface area contributed by atoms with Crippen molar-refractivity contribution >= 4 is 32.8 Å². The summed E-state index contributed by atoms with van der Waals surface area (Å²) in [5.41, 5.74) is 1.13. The van der Waals surface area contributed by atoms with Crippen LogP contribution in [0.4, 0.5) is 5.69 Å². The SMILES string of the molecule is CCS(=O)(=O)c1ccc(O)c(NC(=O)c2cccc(OCc3csc(C)n3)c2)c1. The summed E-state index contributed by atoms with van der Waals surface area (Å²) in [6.07, 6.45) is 0. The zero-order valence-electron chi connectivity index (χ0n) is 15.9. The Hall–Kier alpha value is -2.91. The molecule has 0 bridgehead atoms. The van der Waals surface area contributed by atoms with Crippen molar-refractivity contribution in [1.29, 1.82) is 0 Å². The second kappa shape index (κ2) is 8.62. The van der Waals surface area contributed by atoms with Gasteiger partial charge in [0.15, 0.2) is 9.84 Å². The fraction of sp³-hybridized carbons (Fsp3) is 0.200. The maximum Gasteiger partial charge on any atom is 0.255 e. The number of sulfone groups is 1. The number of rotatable bonds is 7. The summed E-state index contributed by atoms with van der Waals surface area (Å²) < 4.78 is 29.8. The predicted octanol–water partition coefficient (Wildman–Crippen LogP) is 3.78. The van der Waals surface area contributed by atoms with E-state index in [2.05, 4.69) is 10.3 Å². The van der Waals surface area contributed by atoms with E-state index in [9.17, 15) is 18.3 Å². The lowest BCUT2D eigenvalue weighted by atomic mass is 10.2. The molecule has 2 N–H and O–H groups in total. The summed E-state index contributed by atoms with van der Waals surface area (Å²) in [4.78, 5) is 16.9. The Morgan fingerprint density at radius 1 is 1.24 bits per heavy atom. The van der Waals surface area contributed by atoms with E-state index in [0.717, 1.165) is 10.7 Å². The number of nitrogens with one attached hydrogen (secondary N) is 1. The Morgan fingerprint density at radius 2 is 2.03 bits per heavy atom. The Kier molecular flexibility index (Phi) is 6.19. The minimum atomic E-state index is -3.46. The first kappa shape index (κ1) is 20.8. The Labute approximate surface area is 172 Å². The molecule has 0 aliphatic heterocycles. The molecule has 29 heavy (non-hydrogen) atoms. The van der Waals surface area contributed by atoms with Crippen LogP contribution in [0.3, 0.4) is 0 Å². The number of benzene rings is 2. The van der Waals surface area contributed by atoms with Crippen molar-refractivity contribution in [3.05, 3.63) is 64.1 Å². The molecule has 2 aromatic carbocycles. The standard InChI is InChI=1S/C20H20N2O5S2/c1-3-29(25,26)17-7-8-19(23)18(10-17)22-20(24)14-5-4-6-16(9-14)27-11-15-12-28-13(2)21-15/h4-10,12,23H,3,11H2,1-2H3,(H,22,24). The first-order valence-electron chi connectivity index (χ1n) is 8.79. The highest BCUT2D eigenvalue weighted by molar-refractivity contribution is 7.91. The van der Waals surface area contributed by atoms with Gasteiger partial charge < -0.3 is 15.2 Å². The summed E-state index contributed by atoms with van der Waals surface area (Å²) in [5, 5.41) is 15.4. The minimum absolute atomic E-state index is 0.0220. The van der Waals surface area contributed by atoms with E-state index >= 15 is 0 Å². The molecule has 152 valence electrons. The quantitative estimate of drug-likeness (QED) is 0.551. The maximum absolute atomic E-state index is 12.6. The molecule has 3 rings (SSSR count). The third-order valence-electron chi connectivity index (χ3n) is 4.10. The number of aryl methyl sites for hydroxylation is 1. The molecule has 0 saturated heterocycles. The lowest BCUT2D eigenvalue weighted by molar-refractivity contribution is 0.102. The zero-order chi connectivity index (χ0) is 21.0. The first-order chi connectivity index (χ1) is 13.8. The van der Waals surface area contributed by atoms with Crippen molar-refractivity contribution in [2.45, 2.75) is 25.3 Å². The van der Waals surface area contributed by atoms with Crippen LogP contribution in [0.25, 0.3) is 0 Å².